The molecule has 1 aromatic carbocycles. The van der Waals surface area contributed by atoms with Crippen LogP contribution in [0.1, 0.15) is 33.3 Å². The van der Waals surface area contributed by atoms with Crippen LogP contribution in [-0.4, -0.2) is 23.3 Å². The number of pyridine rings is 1. The summed E-state index contributed by atoms with van der Waals surface area (Å²) in [6.07, 6.45) is 1.20. The average Bonchev–Trinajstić information content (AvgIpc) is 2.75. The van der Waals surface area contributed by atoms with Crippen LogP contribution in [0.25, 0.3) is 0 Å². The molecule has 6 heteroatoms. The summed E-state index contributed by atoms with van der Waals surface area (Å²) < 4.78 is 25.8. The Morgan fingerprint density at radius 1 is 1.08 bits per heavy atom. The second-order valence-electron chi connectivity index (χ2n) is 7.02. The van der Waals surface area contributed by atoms with Crippen LogP contribution in [0, 0.1) is 5.82 Å². The Bertz CT molecular complexity index is 706. The van der Waals surface area contributed by atoms with Gasteiger partial charge < -0.3 is 14.6 Å². The van der Waals surface area contributed by atoms with E-state index in [0.29, 0.717) is 17.8 Å². The van der Waals surface area contributed by atoms with Crippen molar-refractivity contribution in [1.29, 1.82) is 0 Å². The third-order valence-corrected chi connectivity index (χ3v) is 4.69. The zero-order valence-electron chi connectivity index (χ0n) is 14.5. The fraction of sp³-hybridized carbons (Fsp3) is 0.389. The topological polar surface area (TPSA) is 43.4 Å². The molecule has 24 heavy (non-hydrogen) atoms. The van der Waals surface area contributed by atoms with Gasteiger partial charge in [0.1, 0.15) is 11.6 Å². The summed E-state index contributed by atoms with van der Waals surface area (Å²) in [4.78, 5) is 4.19. The van der Waals surface area contributed by atoms with Crippen molar-refractivity contribution in [3.63, 3.8) is 0 Å². The first-order valence-electron chi connectivity index (χ1n) is 8.07. The second-order valence-corrected chi connectivity index (χ2v) is 7.02. The zero-order chi connectivity index (χ0) is 17.4. The molecule has 1 aliphatic heterocycles. The SMILES string of the molecule is CC1(C)OB(c2cc(F)cnc2NCc2ccccc2)OC1(C)C. The Labute approximate surface area is 142 Å². The first-order valence-corrected chi connectivity index (χ1v) is 8.07. The standard InChI is InChI=1S/C18H22BFN2O2/c1-17(2)18(3,4)24-19(23-17)15-10-14(20)12-22-16(15)21-11-13-8-6-5-7-9-13/h5-10,12H,11H2,1-4H3,(H,21,22). The number of rotatable bonds is 4. The Balaban J connectivity index is 1.84. The van der Waals surface area contributed by atoms with Gasteiger partial charge in [-0.25, -0.2) is 9.37 Å². The molecule has 126 valence electrons. The summed E-state index contributed by atoms with van der Waals surface area (Å²) in [6.45, 7) is 8.47. The van der Waals surface area contributed by atoms with Gasteiger partial charge in [-0.3, -0.25) is 0 Å². The van der Waals surface area contributed by atoms with Crippen molar-refractivity contribution in [2.75, 3.05) is 5.32 Å². The summed E-state index contributed by atoms with van der Waals surface area (Å²) in [6, 6.07) is 11.4. The quantitative estimate of drug-likeness (QED) is 0.876. The highest BCUT2D eigenvalue weighted by molar-refractivity contribution is 6.63. The van der Waals surface area contributed by atoms with E-state index < -0.39 is 24.1 Å². The molecule has 3 rings (SSSR count). The van der Waals surface area contributed by atoms with Crippen LogP contribution in [0.5, 0.6) is 0 Å². The van der Waals surface area contributed by atoms with Crippen LogP contribution in [-0.2, 0) is 15.9 Å². The van der Waals surface area contributed by atoms with Crippen LogP contribution >= 0.6 is 0 Å². The van der Waals surface area contributed by atoms with Gasteiger partial charge in [0, 0.05) is 12.0 Å². The number of nitrogens with zero attached hydrogens (tertiary/aromatic N) is 1. The lowest BCUT2D eigenvalue weighted by Gasteiger charge is -2.32. The van der Waals surface area contributed by atoms with E-state index in [0.717, 1.165) is 5.56 Å². The molecule has 1 fully saturated rings. The fourth-order valence-electron chi connectivity index (χ4n) is 2.53. The van der Waals surface area contributed by atoms with Gasteiger partial charge in [-0.05, 0) is 39.3 Å². The maximum atomic E-state index is 13.7. The number of anilines is 1. The van der Waals surface area contributed by atoms with Gasteiger partial charge in [0.15, 0.2) is 0 Å². The molecular weight excluding hydrogens is 306 g/mol. The summed E-state index contributed by atoms with van der Waals surface area (Å²) in [5, 5.41) is 3.25. The molecule has 0 amide bonds. The molecule has 1 aliphatic rings. The molecule has 4 nitrogen and oxygen atoms in total. The van der Waals surface area contributed by atoms with E-state index in [1.807, 2.05) is 58.0 Å². The van der Waals surface area contributed by atoms with E-state index in [1.54, 1.807) is 0 Å². The van der Waals surface area contributed by atoms with Gasteiger partial charge in [0.25, 0.3) is 0 Å². The number of nitrogens with one attached hydrogen (secondary N) is 1. The van der Waals surface area contributed by atoms with E-state index in [9.17, 15) is 4.39 Å². The predicted octanol–water partition coefficient (Wildman–Crippen LogP) is 3.13. The van der Waals surface area contributed by atoms with Crippen molar-refractivity contribution >= 4 is 18.4 Å². The van der Waals surface area contributed by atoms with Crippen LogP contribution in [0.3, 0.4) is 0 Å². The van der Waals surface area contributed by atoms with Crippen molar-refractivity contribution in [3.05, 3.63) is 54.0 Å². The number of benzene rings is 1. The van der Waals surface area contributed by atoms with Crippen LogP contribution in [0.2, 0.25) is 0 Å². The van der Waals surface area contributed by atoms with Crippen LogP contribution in [0.15, 0.2) is 42.6 Å². The van der Waals surface area contributed by atoms with E-state index in [2.05, 4.69) is 10.3 Å². The highest BCUT2D eigenvalue weighted by atomic mass is 19.1. The second kappa shape index (κ2) is 6.18. The third-order valence-electron chi connectivity index (χ3n) is 4.69. The molecule has 0 bridgehead atoms. The molecule has 2 aromatic rings. The normalized spacial score (nSPS) is 18.6. The van der Waals surface area contributed by atoms with Gasteiger partial charge in [0.2, 0.25) is 0 Å². The largest absolute Gasteiger partial charge is 0.498 e. The van der Waals surface area contributed by atoms with Gasteiger partial charge in [-0.2, -0.15) is 0 Å². The average molecular weight is 328 g/mol. The van der Waals surface area contributed by atoms with Crippen LogP contribution < -0.4 is 10.8 Å². The zero-order valence-corrected chi connectivity index (χ0v) is 14.5. The maximum absolute atomic E-state index is 13.7. The van der Waals surface area contributed by atoms with Crippen molar-refractivity contribution in [1.82, 2.24) is 4.98 Å². The Kier molecular flexibility index (Phi) is 4.36. The van der Waals surface area contributed by atoms with Crippen molar-refractivity contribution in [2.24, 2.45) is 0 Å². The summed E-state index contributed by atoms with van der Waals surface area (Å²) in [5.74, 6) is 0.156. The molecule has 0 aliphatic carbocycles. The molecule has 0 spiro atoms. The molecule has 2 heterocycles. The van der Waals surface area contributed by atoms with E-state index >= 15 is 0 Å². The van der Waals surface area contributed by atoms with E-state index in [-0.39, 0.29) is 0 Å². The monoisotopic (exact) mass is 328 g/mol. The molecule has 0 saturated carbocycles. The molecule has 1 aromatic heterocycles. The lowest BCUT2D eigenvalue weighted by Crippen LogP contribution is -2.41. The predicted molar refractivity (Wildman–Crippen MR) is 93.7 cm³/mol. The number of hydrogen-bond acceptors (Lipinski definition) is 4. The number of hydrogen-bond donors (Lipinski definition) is 1. The maximum Gasteiger partial charge on any atom is 0.498 e. The minimum atomic E-state index is -0.656. The number of aromatic nitrogens is 1. The van der Waals surface area contributed by atoms with Crippen molar-refractivity contribution in [3.8, 4) is 0 Å². The summed E-state index contributed by atoms with van der Waals surface area (Å²) >= 11 is 0. The van der Waals surface area contributed by atoms with Gasteiger partial charge in [-0.1, -0.05) is 30.3 Å². The molecule has 0 atom stereocenters. The van der Waals surface area contributed by atoms with Crippen LogP contribution in [0.4, 0.5) is 10.2 Å². The first-order chi connectivity index (χ1) is 11.3. The van der Waals surface area contributed by atoms with E-state index in [4.69, 9.17) is 9.31 Å². The first kappa shape index (κ1) is 16.9. The van der Waals surface area contributed by atoms with Crippen molar-refractivity contribution < 1.29 is 13.7 Å². The highest BCUT2D eigenvalue weighted by Gasteiger charge is 2.52. The Hall–Kier alpha value is -1.92. The van der Waals surface area contributed by atoms with Crippen molar-refractivity contribution in [2.45, 2.75) is 45.4 Å². The molecule has 0 unspecified atom stereocenters. The molecular formula is C18H22BFN2O2. The smallest absolute Gasteiger partial charge is 0.399 e. The molecule has 1 N–H and O–H groups in total. The Morgan fingerprint density at radius 2 is 1.71 bits per heavy atom. The van der Waals surface area contributed by atoms with Gasteiger partial charge in [0.05, 0.1) is 17.4 Å². The highest BCUT2D eigenvalue weighted by Crippen LogP contribution is 2.36. The lowest BCUT2D eigenvalue weighted by molar-refractivity contribution is 0.00578. The summed E-state index contributed by atoms with van der Waals surface area (Å²) in [7, 11) is -0.656. The Morgan fingerprint density at radius 3 is 2.33 bits per heavy atom. The molecule has 1 saturated heterocycles. The molecule has 0 radical (unpaired) electrons. The summed E-state index contributed by atoms with van der Waals surface area (Å²) in [5.41, 5.74) is 0.717. The lowest BCUT2D eigenvalue weighted by atomic mass is 9.79. The number of halogens is 1. The van der Waals surface area contributed by atoms with Gasteiger partial charge >= 0.3 is 7.12 Å². The van der Waals surface area contributed by atoms with E-state index in [1.165, 1.54) is 12.3 Å². The minimum absolute atomic E-state index is 0.412. The minimum Gasteiger partial charge on any atom is -0.399 e. The fourth-order valence-corrected chi connectivity index (χ4v) is 2.53. The van der Waals surface area contributed by atoms with Gasteiger partial charge in [-0.15, -0.1) is 0 Å². The third kappa shape index (κ3) is 3.30.